The first-order valence-corrected chi connectivity index (χ1v) is 10.1. The van der Waals surface area contributed by atoms with Crippen molar-refractivity contribution in [3.05, 3.63) is 0 Å². The van der Waals surface area contributed by atoms with Crippen LogP contribution < -0.4 is 29.5 Å². The van der Waals surface area contributed by atoms with Crippen molar-refractivity contribution in [3.63, 3.8) is 0 Å². The van der Waals surface area contributed by atoms with Gasteiger partial charge in [-0.05, 0) is 0 Å². The second-order valence-electron chi connectivity index (χ2n) is 1.00. The molecular formula is AlLaO12SrTi4. The predicted molar refractivity (Wildman–Crippen MR) is 14.3 cm³/mol. The molecule has 0 aliphatic carbocycles. The Kier molecular flexibility index (Phi) is 88.9. The van der Waals surface area contributed by atoms with Crippen LogP contribution in [-0.2, 0) is 87.8 Å². The van der Waals surface area contributed by atoms with Crippen LogP contribution in [0.5, 0.6) is 0 Å². The van der Waals surface area contributed by atoms with E-state index >= 15 is 0 Å². The molecule has 12 nitrogen and oxygen atoms in total. The van der Waals surface area contributed by atoms with E-state index in [0.29, 0.717) is 0 Å². The molecule has 19 heteroatoms. The fourth-order valence-electron chi connectivity index (χ4n) is 0. The summed E-state index contributed by atoms with van der Waals surface area (Å²) in [5.74, 6) is 0. The molecule has 0 aromatic rings. The van der Waals surface area contributed by atoms with Crippen molar-refractivity contribution >= 4 is 62.8 Å². The standard InChI is InChI=1S/Al.La.12O.Sr.4Ti/q2*+3;;;;;8*-1;+2;;;;. The molecule has 0 aliphatic rings. The fraction of sp³-hybridized carbons (Fsp3) is 0. The van der Waals surface area contributed by atoms with E-state index < -0.39 is 74.5 Å². The third-order valence-electron chi connectivity index (χ3n) is 0. The summed E-state index contributed by atoms with van der Waals surface area (Å²) in [6, 6.07) is 0. The normalized spacial score (nSPS) is 5.47. The summed E-state index contributed by atoms with van der Waals surface area (Å²) in [7, 11) is 0. The largest absolute Gasteiger partial charge is 2.00 e. The van der Waals surface area contributed by atoms with Crippen molar-refractivity contribution in [2.75, 3.05) is 0 Å². The van der Waals surface area contributed by atoms with E-state index in [4.69, 9.17) is 42.8 Å². The summed E-state index contributed by atoms with van der Waals surface area (Å²) in [6.07, 6.45) is 0. The van der Waals surface area contributed by atoms with Crippen molar-refractivity contribution in [1.82, 2.24) is 0 Å². The molecule has 0 unspecified atom stereocenters. The van der Waals surface area contributed by atoms with Gasteiger partial charge in [0.25, 0.3) is 0 Å². The van der Waals surface area contributed by atoms with Crippen LogP contribution in [0.1, 0.15) is 0 Å². The Morgan fingerprint density at radius 3 is 0.474 bits per heavy atom. The molecule has 0 N–H and O–H groups in total. The van der Waals surface area contributed by atoms with Gasteiger partial charge < -0.3 is 0 Å². The summed E-state index contributed by atoms with van der Waals surface area (Å²) < 4.78 is 103. The Morgan fingerprint density at radius 2 is 0.474 bits per heavy atom. The minimum atomic E-state index is -4.08. The zero-order valence-electron chi connectivity index (χ0n) is 8.76. The van der Waals surface area contributed by atoms with Crippen LogP contribution in [0.3, 0.4) is 0 Å². The van der Waals surface area contributed by atoms with Crippen molar-refractivity contribution in [1.29, 1.82) is 0 Å². The molecule has 0 heterocycles. The van der Waals surface area contributed by atoms with Gasteiger partial charge in [-0.2, -0.15) is 0 Å². The Bertz CT molecular complexity index is 170. The van der Waals surface area contributed by atoms with Gasteiger partial charge >= 0.3 is 216 Å². The molecule has 0 aromatic heterocycles. The maximum absolute atomic E-state index is 8.58. The fourth-order valence-corrected chi connectivity index (χ4v) is 0. The van der Waals surface area contributed by atoms with Crippen molar-refractivity contribution < 1.29 is 153 Å². The van der Waals surface area contributed by atoms with Gasteiger partial charge in [0.2, 0.25) is 0 Å². The Hall–Kier alpha value is 4.94. The Morgan fingerprint density at radius 1 is 0.474 bits per heavy atom. The molecule has 0 saturated carbocycles. The first-order chi connectivity index (χ1) is 6.93. The van der Waals surface area contributed by atoms with Crippen LogP contribution in [0.4, 0.5) is 0 Å². The molecule has 19 heavy (non-hydrogen) atoms. The van der Waals surface area contributed by atoms with Crippen LogP contribution in [0, 0.1) is 35.6 Å². The first kappa shape index (κ1) is 43.9. The third-order valence-corrected chi connectivity index (χ3v) is 0. The van der Waals surface area contributed by atoms with E-state index in [9.17, 15) is 0 Å². The SMILES string of the molecule is [Al+3].[La+3].[O]=[Ti]([O-])[O-].[O]=[Ti]([O-])[O-].[O]=[Ti]([O-])[O-].[O]=[Ti]([O-])[O-].[Sr+2]. The second-order valence-corrected chi connectivity index (χ2v) is 4.12. The van der Waals surface area contributed by atoms with Crippen LogP contribution in [0.25, 0.3) is 0 Å². The second kappa shape index (κ2) is 38.5. The maximum Gasteiger partial charge on any atom is 2.00 e. The van der Waals surface area contributed by atoms with Crippen LogP contribution in [0.15, 0.2) is 0 Å². The average molecular weight is 637 g/mol. The van der Waals surface area contributed by atoms with Gasteiger partial charge in [-0.15, -0.1) is 0 Å². The molecule has 0 aliphatic heterocycles. The molecule has 0 spiro atoms. The van der Waals surface area contributed by atoms with Gasteiger partial charge in [0, 0.05) is 0 Å². The van der Waals surface area contributed by atoms with Crippen molar-refractivity contribution in [3.8, 4) is 0 Å². The van der Waals surface area contributed by atoms with E-state index in [1.54, 1.807) is 0 Å². The maximum atomic E-state index is 8.58. The quantitative estimate of drug-likeness (QED) is 0.225. The van der Waals surface area contributed by atoms with Crippen molar-refractivity contribution in [2.24, 2.45) is 0 Å². The number of rotatable bonds is 0. The van der Waals surface area contributed by atoms with Gasteiger partial charge in [0.05, 0.1) is 0 Å². The first-order valence-electron chi connectivity index (χ1n) is 2.45. The van der Waals surface area contributed by atoms with E-state index in [2.05, 4.69) is 0 Å². The van der Waals surface area contributed by atoms with Gasteiger partial charge in [-0.3, -0.25) is 0 Å². The summed E-state index contributed by atoms with van der Waals surface area (Å²) in [5.41, 5.74) is 0. The topological polar surface area (TPSA) is 253 Å². The average Bonchev–Trinajstić information content (AvgIpc) is 1.76. The molecule has 0 atom stereocenters. The Balaban J connectivity index is -0.0000000192. The summed E-state index contributed by atoms with van der Waals surface area (Å²) in [6.45, 7) is 0. The molecule has 96 valence electrons. The summed E-state index contributed by atoms with van der Waals surface area (Å²) in [4.78, 5) is 0. The van der Waals surface area contributed by atoms with Gasteiger partial charge in [0.1, 0.15) is 0 Å². The molecule has 0 saturated heterocycles. The summed E-state index contributed by atoms with van der Waals surface area (Å²) >= 11 is -16.3. The van der Waals surface area contributed by atoms with Gasteiger partial charge in [-0.1, -0.05) is 0 Å². The van der Waals surface area contributed by atoms with E-state index in [-0.39, 0.29) is 98.4 Å². The van der Waals surface area contributed by atoms with Crippen LogP contribution in [0.2, 0.25) is 0 Å². The van der Waals surface area contributed by atoms with E-state index in [1.165, 1.54) is 0 Å². The van der Waals surface area contributed by atoms with E-state index in [0.717, 1.165) is 0 Å². The van der Waals surface area contributed by atoms with Crippen molar-refractivity contribution in [2.45, 2.75) is 0 Å². The van der Waals surface area contributed by atoms with Gasteiger partial charge in [0.15, 0.2) is 0 Å². The van der Waals surface area contributed by atoms with Crippen LogP contribution in [-0.4, -0.2) is 62.8 Å². The van der Waals surface area contributed by atoms with Gasteiger partial charge in [-0.25, -0.2) is 0 Å². The summed E-state index contributed by atoms with van der Waals surface area (Å²) in [5, 5.41) is 0. The molecule has 0 rings (SSSR count). The minimum Gasteiger partial charge on any atom is 2.00 e. The molecular weight excluding hydrogens is 637 g/mol. The molecule has 0 bridgehead atoms. The smallest absolute Gasteiger partial charge is 2.00 e. The van der Waals surface area contributed by atoms with Crippen LogP contribution >= 0.6 is 0 Å². The zero-order chi connectivity index (χ0) is 14.3. The number of hydrogen-bond acceptors (Lipinski definition) is 12. The molecule has 0 aromatic carbocycles. The number of hydrogen-bond donors (Lipinski definition) is 0. The molecule has 0 amide bonds. The third kappa shape index (κ3) is 412. The molecule has 0 radical (unpaired) electrons. The minimum absolute atomic E-state index is 0. The van der Waals surface area contributed by atoms with E-state index in [1.807, 2.05) is 0 Å². The predicted octanol–water partition coefficient (Wildman–Crippen LogP) is -10.8. The zero-order valence-corrected chi connectivity index (χ0v) is 23.3. The molecule has 0 fully saturated rings. The monoisotopic (exact) mass is 638 g/mol. The Labute approximate surface area is 210 Å².